The number of aromatic nitrogens is 2. The van der Waals surface area contributed by atoms with Gasteiger partial charge in [0.05, 0.1) is 36.5 Å². The number of nitrogens with zero attached hydrogens (tertiary/aromatic N) is 3. The average molecular weight is 430 g/mol. The van der Waals surface area contributed by atoms with E-state index in [0.717, 1.165) is 38.7 Å². The molecule has 1 aromatic heterocycles. The molecule has 160 valence electrons. The van der Waals surface area contributed by atoms with E-state index in [1.54, 1.807) is 6.33 Å². The Balaban J connectivity index is 1.50. The molecule has 0 saturated heterocycles. The lowest BCUT2D eigenvalue weighted by Crippen LogP contribution is -2.10. The Bertz CT molecular complexity index is 1440. The molecule has 0 saturated carbocycles. The van der Waals surface area contributed by atoms with Crippen molar-refractivity contribution in [1.29, 1.82) is 5.26 Å². The van der Waals surface area contributed by atoms with Gasteiger partial charge in [-0.1, -0.05) is 78.9 Å². The molecule has 5 aromatic rings. The van der Waals surface area contributed by atoms with E-state index >= 15 is 0 Å². The van der Waals surface area contributed by atoms with E-state index in [9.17, 15) is 5.26 Å². The summed E-state index contributed by atoms with van der Waals surface area (Å²) in [6, 6.07) is 32.9. The van der Waals surface area contributed by atoms with Crippen molar-refractivity contribution < 1.29 is 4.74 Å². The Morgan fingerprint density at radius 1 is 0.909 bits per heavy atom. The fourth-order valence-electron chi connectivity index (χ4n) is 4.24. The number of nitriles is 1. The molecular weight excluding hydrogens is 406 g/mol. The van der Waals surface area contributed by atoms with Crippen LogP contribution in [0.15, 0.2) is 104 Å². The topological polar surface area (TPSA) is 50.8 Å². The highest BCUT2D eigenvalue weighted by atomic mass is 16.5. The molecule has 0 amide bonds. The van der Waals surface area contributed by atoms with Gasteiger partial charge in [-0.3, -0.25) is 0 Å². The molecule has 0 radical (unpaired) electrons. The highest BCUT2D eigenvalue weighted by molar-refractivity contribution is 5.97. The average Bonchev–Trinajstić information content (AvgIpc) is 3.30. The fraction of sp³-hybridized carbons (Fsp3) is 0.103. The number of fused-ring (bicyclic) bond motifs is 1. The van der Waals surface area contributed by atoms with Gasteiger partial charge in [0.25, 0.3) is 0 Å². The highest BCUT2D eigenvalue weighted by Gasteiger charge is 2.18. The second kappa shape index (κ2) is 9.12. The number of benzene rings is 4. The minimum Gasteiger partial charge on any atom is -0.363 e. The first-order valence-electron chi connectivity index (χ1n) is 10.9. The molecule has 1 unspecified atom stereocenters. The van der Waals surface area contributed by atoms with Gasteiger partial charge in [-0.15, -0.1) is 0 Å². The van der Waals surface area contributed by atoms with Crippen LogP contribution in [0.25, 0.3) is 21.9 Å². The minimum absolute atomic E-state index is 0.240. The van der Waals surface area contributed by atoms with Crippen LogP contribution in [0.2, 0.25) is 0 Å². The van der Waals surface area contributed by atoms with Crippen LogP contribution in [0.1, 0.15) is 28.5 Å². The normalized spacial score (nSPS) is 11.9. The summed E-state index contributed by atoms with van der Waals surface area (Å²) in [5.74, 6) is 0. The molecular formula is C29H23N3O. The summed E-state index contributed by atoms with van der Waals surface area (Å²) < 4.78 is 8.43. The molecule has 33 heavy (non-hydrogen) atoms. The molecule has 4 aromatic carbocycles. The lowest BCUT2D eigenvalue weighted by Gasteiger charge is -2.19. The molecule has 0 aliphatic carbocycles. The van der Waals surface area contributed by atoms with Gasteiger partial charge in [-0.05, 0) is 39.6 Å². The zero-order valence-corrected chi connectivity index (χ0v) is 18.3. The van der Waals surface area contributed by atoms with Crippen LogP contribution in [0.4, 0.5) is 0 Å². The summed E-state index contributed by atoms with van der Waals surface area (Å²) in [6.07, 6.45) is 3.39. The third kappa shape index (κ3) is 4.15. The second-order valence-electron chi connectivity index (χ2n) is 8.05. The predicted octanol–water partition coefficient (Wildman–Crippen LogP) is 6.42. The maximum absolute atomic E-state index is 9.77. The largest absolute Gasteiger partial charge is 0.363 e. The molecule has 4 nitrogen and oxygen atoms in total. The van der Waals surface area contributed by atoms with Crippen molar-refractivity contribution in [2.45, 2.75) is 12.7 Å². The quantitative estimate of drug-likeness (QED) is 0.313. The van der Waals surface area contributed by atoms with E-state index < -0.39 is 0 Å². The second-order valence-corrected chi connectivity index (χ2v) is 8.05. The Kier molecular flexibility index (Phi) is 5.72. The van der Waals surface area contributed by atoms with Crippen LogP contribution in [0, 0.1) is 11.3 Å². The number of rotatable bonds is 6. The summed E-state index contributed by atoms with van der Waals surface area (Å²) in [7, 11) is 1.97. The number of imidazole rings is 1. The van der Waals surface area contributed by atoms with Gasteiger partial charge in [0.2, 0.25) is 0 Å². The monoisotopic (exact) mass is 429 g/mol. The van der Waals surface area contributed by atoms with E-state index in [1.807, 2.05) is 66.3 Å². The first kappa shape index (κ1) is 20.7. The van der Waals surface area contributed by atoms with Crippen LogP contribution < -0.4 is 0 Å². The van der Waals surface area contributed by atoms with Crippen LogP contribution >= 0.6 is 0 Å². The first-order valence-corrected chi connectivity index (χ1v) is 10.9. The van der Waals surface area contributed by atoms with Crippen molar-refractivity contribution in [2.24, 2.45) is 7.05 Å². The molecule has 0 bridgehead atoms. The number of hydrogen-bond acceptors (Lipinski definition) is 3. The predicted molar refractivity (Wildman–Crippen MR) is 130 cm³/mol. The van der Waals surface area contributed by atoms with Crippen LogP contribution in [0.5, 0.6) is 0 Å². The Morgan fingerprint density at radius 3 is 2.48 bits per heavy atom. The molecule has 1 atom stereocenters. The summed E-state index contributed by atoms with van der Waals surface area (Å²) in [5, 5.41) is 12.1. The maximum atomic E-state index is 9.77. The van der Waals surface area contributed by atoms with Crippen molar-refractivity contribution in [3.63, 3.8) is 0 Å². The van der Waals surface area contributed by atoms with Crippen molar-refractivity contribution in [3.8, 4) is 17.2 Å². The number of aryl methyl sites for hydroxylation is 1. The van der Waals surface area contributed by atoms with E-state index in [4.69, 9.17) is 4.74 Å². The molecule has 5 rings (SSSR count). The van der Waals surface area contributed by atoms with Gasteiger partial charge in [-0.2, -0.15) is 5.26 Å². The summed E-state index contributed by atoms with van der Waals surface area (Å²) in [5.41, 5.74) is 5.71. The third-order valence-electron chi connectivity index (χ3n) is 5.93. The molecule has 0 spiro atoms. The lowest BCUT2D eigenvalue weighted by molar-refractivity contribution is 0.0622. The van der Waals surface area contributed by atoms with Gasteiger partial charge in [0.15, 0.2) is 0 Å². The zero-order valence-electron chi connectivity index (χ0n) is 18.3. The Labute approximate surface area is 193 Å². The van der Waals surface area contributed by atoms with Crippen LogP contribution in [-0.2, 0) is 18.4 Å². The van der Waals surface area contributed by atoms with Crippen molar-refractivity contribution >= 4 is 10.8 Å². The first-order chi connectivity index (χ1) is 16.2. The van der Waals surface area contributed by atoms with E-state index in [-0.39, 0.29) is 6.10 Å². The lowest BCUT2D eigenvalue weighted by atomic mass is 9.93. The third-order valence-corrected chi connectivity index (χ3v) is 5.93. The van der Waals surface area contributed by atoms with Gasteiger partial charge in [-0.25, -0.2) is 4.98 Å². The molecule has 0 aliphatic rings. The van der Waals surface area contributed by atoms with Crippen molar-refractivity contribution in [3.05, 3.63) is 126 Å². The fourth-order valence-corrected chi connectivity index (χ4v) is 4.24. The van der Waals surface area contributed by atoms with Crippen molar-refractivity contribution in [2.75, 3.05) is 0 Å². The van der Waals surface area contributed by atoms with Gasteiger partial charge in [0, 0.05) is 12.6 Å². The molecule has 1 heterocycles. The minimum atomic E-state index is -0.240. The van der Waals surface area contributed by atoms with Crippen LogP contribution in [0.3, 0.4) is 0 Å². The van der Waals surface area contributed by atoms with Gasteiger partial charge in [0.1, 0.15) is 6.10 Å². The standard InChI is InChI=1S/C29H23N3O/c1-32-20-31-18-28(32)29(23-9-3-2-4-10-23)33-19-21-14-15-24(17-30)27(16-21)26-13-7-11-22-8-5-6-12-25(22)26/h2-16,18,20,29H,19H2,1H3. The van der Waals surface area contributed by atoms with Gasteiger partial charge >= 0.3 is 0 Å². The molecule has 0 N–H and O–H groups in total. The maximum Gasteiger partial charge on any atom is 0.124 e. The SMILES string of the molecule is Cn1cncc1C(OCc1ccc(C#N)c(-c2cccc3ccccc23)c1)c1ccccc1. The molecule has 0 aliphatic heterocycles. The zero-order chi connectivity index (χ0) is 22.6. The summed E-state index contributed by atoms with van der Waals surface area (Å²) in [4.78, 5) is 4.28. The molecule has 0 fully saturated rings. The van der Waals surface area contributed by atoms with E-state index in [2.05, 4.69) is 53.5 Å². The van der Waals surface area contributed by atoms with E-state index in [1.165, 1.54) is 0 Å². The number of ether oxygens (including phenoxy) is 1. The molecule has 4 heteroatoms. The summed E-state index contributed by atoms with van der Waals surface area (Å²) in [6.45, 7) is 0.411. The van der Waals surface area contributed by atoms with E-state index in [0.29, 0.717) is 12.2 Å². The Hall–Kier alpha value is -4.20. The van der Waals surface area contributed by atoms with Crippen molar-refractivity contribution in [1.82, 2.24) is 9.55 Å². The smallest absolute Gasteiger partial charge is 0.124 e. The highest BCUT2D eigenvalue weighted by Crippen LogP contribution is 2.33. The van der Waals surface area contributed by atoms with Gasteiger partial charge < -0.3 is 9.30 Å². The number of hydrogen-bond donors (Lipinski definition) is 0. The van der Waals surface area contributed by atoms with Crippen LogP contribution in [-0.4, -0.2) is 9.55 Å². The summed E-state index contributed by atoms with van der Waals surface area (Å²) >= 11 is 0. The Morgan fingerprint density at radius 2 is 1.70 bits per heavy atom.